The van der Waals surface area contributed by atoms with Crippen LogP contribution in [0.25, 0.3) is 0 Å². The molecular weight excluding hydrogens is 206 g/mol. The molecule has 3 atom stereocenters. The van der Waals surface area contributed by atoms with Gasteiger partial charge in [0.2, 0.25) is 0 Å². The van der Waals surface area contributed by atoms with Crippen LogP contribution in [-0.2, 0) is 0 Å². The third-order valence-corrected chi connectivity index (χ3v) is 4.79. The molecule has 1 saturated carbocycles. The van der Waals surface area contributed by atoms with Gasteiger partial charge in [-0.1, -0.05) is 25.8 Å². The molecule has 0 radical (unpaired) electrons. The molecule has 0 spiro atoms. The number of nitrogens with zero attached hydrogens (tertiary/aromatic N) is 1. The Morgan fingerprint density at radius 1 is 1.24 bits per heavy atom. The van der Waals surface area contributed by atoms with E-state index >= 15 is 0 Å². The van der Waals surface area contributed by atoms with E-state index in [-0.39, 0.29) is 0 Å². The molecule has 2 aliphatic rings. The normalized spacial score (nSPS) is 30.4. The summed E-state index contributed by atoms with van der Waals surface area (Å²) in [6.45, 7) is 10.3. The van der Waals surface area contributed by atoms with Gasteiger partial charge in [0.25, 0.3) is 0 Å². The standard InChI is InChI=1S/C16H29N/c1-3-5-8-14(7-4-2)11-17-12-15-9-6-10-16(15)13-17/h3,14-16H,1,4-13H2,2H3. The Labute approximate surface area is 107 Å². The van der Waals surface area contributed by atoms with E-state index in [2.05, 4.69) is 24.5 Å². The third kappa shape index (κ3) is 3.58. The van der Waals surface area contributed by atoms with Crippen molar-refractivity contribution in [1.82, 2.24) is 4.90 Å². The van der Waals surface area contributed by atoms with Gasteiger partial charge in [-0.15, -0.1) is 6.58 Å². The first-order chi connectivity index (χ1) is 8.33. The van der Waals surface area contributed by atoms with E-state index in [1.165, 1.54) is 64.6 Å². The Balaban J connectivity index is 1.75. The number of hydrogen-bond donors (Lipinski definition) is 0. The van der Waals surface area contributed by atoms with Crippen molar-refractivity contribution in [3.63, 3.8) is 0 Å². The van der Waals surface area contributed by atoms with Gasteiger partial charge in [-0.2, -0.15) is 0 Å². The summed E-state index contributed by atoms with van der Waals surface area (Å²) in [5.41, 5.74) is 0. The van der Waals surface area contributed by atoms with E-state index in [4.69, 9.17) is 0 Å². The van der Waals surface area contributed by atoms with Crippen molar-refractivity contribution < 1.29 is 0 Å². The van der Waals surface area contributed by atoms with E-state index in [0.717, 1.165) is 17.8 Å². The Kier molecular flexibility index (Phi) is 5.09. The summed E-state index contributed by atoms with van der Waals surface area (Å²) in [7, 11) is 0. The Morgan fingerprint density at radius 2 is 1.94 bits per heavy atom. The lowest BCUT2D eigenvalue weighted by atomic mass is 9.97. The summed E-state index contributed by atoms with van der Waals surface area (Å²) < 4.78 is 0. The topological polar surface area (TPSA) is 3.24 Å². The zero-order chi connectivity index (χ0) is 12.1. The molecule has 0 amide bonds. The highest BCUT2D eigenvalue weighted by Crippen LogP contribution is 2.38. The molecule has 2 fully saturated rings. The quantitative estimate of drug-likeness (QED) is 0.600. The smallest absolute Gasteiger partial charge is 0.00130 e. The van der Waals surface area contributed by atoms with E-state index in [9.17, 15) is 0 Å². The van der Waals surface area contributed by atoms with Crippen LogP contribution in [0.1, 0.15) is 51.9 Å². The molecular formula is C16H29N. The second-order valence-electron chi connectivity index (χ2n) is 6.19. The summed E-state index contributed by atoms with van der Waals surface area (Å²) in [5.74, 6) is 3.02. The van der Waals surface area contributed by atoms with Crippen LogP contribution in [0.3, 0.4) is 0 Å². The molecule has 0 aromatic heterocycles. The molecule has 3 unspecified atom stereocenters. The maximum absolute atomic E-state index is 3.86. The van der Waals surface area contributed by atoms with Gasteiger partial charge >= 0.3 is 0 Å². The van der Waals surface area contributed by atoms with Crippen LogP contribution in [-0.4, -0.2) is 24.5 Å². The lowest BCUT2D eigenvalue weighted by molar-refractivity contribution is 0.243. The second kappa shape index (κ2) is 6.58. The van der Waals surface area contributed by atoms with Gasteiger partial charge in [-0.3, -0.25) is 0 Å². The number of hydrogen-bond acceptors (Lipinski definition) is 1. The van der Waals surface area contributed by atoms with Crippen molar-refractivity contribution in [2.24, 2.45) is 17.8 Å². The van der Waals surface area contributed by atoms with Gasteiger partial charge in [0.05, 0.1) is 0 Å². The lowest BCUT2D eigenvalue weighted by Gasteiger charge is -2.24. The fraction of sp³-hybridized carbons (Fsp3) is 0.875. The number of rotatable bonds is 7. The van der Waals surface area contributed by atoms with Gasteiger partial charge in [0, 0.05) is 19.6 Å². The van der Waals surface area contributed by atoms with Crippen molar-refractivity contribution in [2.45, 2.75) is 51.9 Å². The molecule has 2 rings (SSSR count). The first-order valence-corrected chi connectivity index (χ1v) is 7.66. The van der Waals surface area contributed by atoms with Gasteiger partial charge in [0.15, 0.2) is 0 Å². The van der Waals surface area contributed by atoms with E-state index in [1.54, 1.807) is 0 Å². The number of allylic oxidation sites excluding steroid dienone is 1. The van der Waals surface area contributed by atoms with Crippen LogP contribution in [0.15, 0.2) is 12.7 Å². The van der Waals surface area contributed by atoms with Crippen LogP contribution in [0.5, 0.6) is 0 Å². The molecule has 0 aromatic rings. The largest absolute Gasteiger partial charge is 0.302 e. The molecule has 1 nitrogen and oxygen atoms in total. The molecule has 0 bridgehead atoms. The lowest BCUT2D eigenvalue weighted by Crippen LogP contribution is -2.28. The van der Waals surface area contributed by atoms with Crippen LogP contribution in [0.2, 0.25) is 0 Å². The third-order valence-electron chi connectivity index (χ3n) is 4.79. The van der Waals surface area contributed by atoms with E-state index < -0.39 is 0 Å². The predicted octanol–water partition coefficient (Wildman–Crippen LogP) is 4.10. The Morgan fingerprint density at radius 3 is 2.53 bits per heavy atom. The van der Waals surface area contributed by atoms with Crippen LogP contribution in [0.4, 0.5) is 0 Å². The van der Waals surface area contributed by atoms with Gasteiger partial charge < -0.3 is 4.90 Å². The monoisotopic (exact) mass is 235 g/mol. The van der Waals surface area contributed by atoms with Crippen LogP contribution >= 0.6 is 0 Å². The first kappa shape index (κ1) is 13.1. The fourth-order valence-electron chi connectivity index (χ4n) is 3.94. The molecule has 0 aromatic carbocycles. The van der Waals surface area contributed by atoms with Crippen LogP contribution in [0, 0.1) is 17.8 Å². The van der Waals surface area contributed by atoms with Gasteiger partial charge in [0.1, 0.15) is 0 Å². The van der Waals surface area contributed by atoms with E-state index in [1.807, 2.05) is 0 Å². The minimum atomic E-state index is 0.914. The van der Waals surface area contributed by atoms with Gasteiger partial charge in [-0.05, 0) is 49.9 Å². The first-order valence-electron chi connectivity index (χ1n) is 7.66. The minimum absolute atomic E-state index is 0.914. The van der Waals surface area contributed by atoms with Crippen molar-refractivity contribution in [2.75, 3.05) is 19.6 Å². The average Bonchev–Trinajstić information content (AvgIpc) is 2.86. The zero-order valence-corrected chi connectivity index (χ0v) is 11.5. The summed E-state index contributed by atoms with van der Waals surface area (Å²) >= 11 is 0. The SMILES string of the molecule is C=CCCC(CCC)CN1CC2CCCC2C1. The van der Waals surface area contributed by atoms with Crippen molar-refractivity contribution in [3.8, 4) is 0 Å². The minimum Gasteiger partial charge on any atom is -0.302 e. The molecule has 0 N–H and O–H groups in total. The van der Waals surface area contributed by atoms with Crippen molar-refractivity contribution in [3.05, 3.63) is 12.7 Å². The highest BCUT2D eigenvalue weighted by molar-refractivity contribution is 4.89. The fourth-order valence-corrected chi connectivity index (χ4v) is 3.94. The summed E-state index contributed by atoms with van der Waals surface area (Å²) in [4.78, 5) is 2.76. The van der Waals surface area contributed by atoms with Gasteiger partial charge in [-0.25, -0.2) is 0 Å². The maximum atomic E-state index is 3.86. The highest BCUT2D eigenvalue weighted by Gasteiger charge is 2.36. The zero-order valence-electron chi connectivity index (χ0n) is 11.5. The molecule has 1 saturated heterocycles. The maximum Gasteiger partial charge on any atom is 0.00130 e. The average molecular weight is 235 g/mol. The molecule has 1 heterocycles. The van der Waals surface area contributed by atoms with E-state index in [0.29, 0.717) is 0 Å². The van der Waals surface area contributed by atoms with Crippen molar-refractivity contribution >= 4 is 0 Å². The second-order valence-corrected chi connectivity index (χ2v) is 6.19. The molecule has 1 aliphatic carbocycles. The molecule has 17 heavy (non-hydrogen) atoms. The summed E-state index contributed by atoms with van der Waals surface area (Å²) in [5, 5.41) is 0. The number of likely N-dealkylation sites (tertiary alicyclic amines) is 1. The Bertz CT molecular complexity index is 224. The number of fused-ring (bicyclic) bond motifs is 1. The predicted molar refractivity (Wildman–Crippen MR) is 75.1 cm³/mol. The Hall–Kier alpha value is -0.300. The van der Waals surface area contributed by atoms with Crippen molar-refractivity contribution in [1.29, 1.82) is 0 Å². The summed E-state index contributed by atoms with van der Waals surface area (Å²) in [6.07, 6.45) is 11.9. The molecule has 1 heteroatoms. The van der Waals surface area contributed by atoms with Crippen LogP contribution < -0.4 is 0 Å². The molecule has 98 valence electrons. The highest BCUT2D eigenvalue weighted by atomic mass is 15.2. The summed E-state index contributed by atoms with van der Waals surface area (Å²) in [6, 6.07) is 0. The molecule has 1 aliphatic heterocycles.